The van der Waals surface area contributed by atoms with Crippen LogP contribution in [0.2, 0.25) is 0 Å². The predicted molar refractivity (Wildman–Crippen MR) is 105 cm³/mol. The summed E-state index contributed by atoms with van der Waals surface area (Å²) >= 11 is 0. The lowest BCUT2D eigenvalue weighted by atomic mass is 10.0. The Morgan fingerprint density at radius 3 is 1.97 bits per heavy atom. The van der Waals surface area contributed by atoms with Gasteiger partial charge >= 0.3 is 0 Å². The van der Waals surface area contributed by atoms with Gasteiger partial charge in [-0.2, -0.15) is 5.10 Å². The molecule has 5 nitrogen and oxygen atoms in total. The number of nitrogens with zero attached hydrogens (tertiary/aromatic N) is 1. The summed E-state index contributed by atoms with van der Waals surface area (Å²) in [7, 11) is 0. The number of hydrazone groups is 1. The number of halogens is 2. The largest absolute Gasteiger partial charge is 0.343 e. The maximum atomic E-state index is 13.6. The highest BCUT2D eigenvalue weighted by Gasteiger charge is 2.14. The average molecular weight is 393 g/mol. The van der Waals surface area contributed by atoms with E-state index in [9.17, 15) is 18.4 Å². The molecule has 0 aromatic heterocycles. The molecule has 29 heavy (non-hydrogen) atoms. The molecule has 0 bridgehead atoms. The van der Waals surface area contributed by atoms with Crippen molar-refractivity contribution in [3.05, 3.63) is 107 Å². The second kappa shape index (κ2) is 9.36. The minimum atomic E-state index is -1.00. The molecule has 0 fully saturated rings. The Morgan fingerprint density at radius 1 is 0.828 bits per heavy atom. The van der Waals surface area contributed by atoms with Crippen LogP contribution in [0.4, 0.5) is 8.78 Å². The molecule has 0 saturated heterocycles. The van der Waals surface area contributed by atoms with Gasteiger partial charge in [0.15, 0.2) is 0 Å². The van der Waals surface area contributed by atoms with Crippen LogP contribution in [0.5, 0.6) is 0 Å². The monoisotopic (exact) mass is 393 g/mol. The third kappa shape index (κ3) is 5.32. The van der Waals surface area contributed by atoms with Crippen molar-refractivity contribution in [2.24, 2.45) is 5.10 Å². The predicted octanol–water partition coefficient (Wildman–Crippen LogP) is 3.26. The fourth-order valence-corrected chi connectivity index (χ4v) is 2.57. The second-order valence-corrected chi connectivity index (χ2v) is 6.03. The van der Waals surface area contributed by atoms with E-state index < -0.39 is 30.0 Å². The lowest BCUT2D eigenvalue weighted by molar-refractivity contribution is -0.120. The molecule has 2 N–H and O–H groups in total. The van der Waals surface area contributed by atoms with E-state index in [0.29, 0.717) is 11.8 Å². The van der Waals surface area contributed by atoms with Crippen molar-refractivity contribution >= 4 is 17.5 Å². The third-order valence-electron chi connectivity index (χ3n) is 3.97. The summed E-state index contributed by atoms with van der Waals surface area (Å²) in [6.07, 6.45) is 0. The summed E-state index contributed by atoms with van der Waals surface area (Å²) in [5.41, 5.74) is 4.20. The van der Waals surface area contributed by atoms with Crippen LogP contribution >= 0.6 is 0 Å². The summed E-state index contributed by atoms with van der Waals surface area (Å²) in [5.74, 6) is -3.21. The van der Waals surface area contributed by atoms with Crippen LogP contribution in [0.15, 0.2) is 84.0 Å². The van der Waals surface area contributed by atoms with Crippen LogP contribution < -0.4 is 10.7 Å². The van der Waals surface area contributed by atoms with Gasteiger partial charge in [0, 0.05) is 17.2 Å². The molecule has 0 unspecified atom stereocenters. The van der Waals surface area contributed by atoms with Gasteiger partial charge in [0.05, 0.1) is 17.8 Å². The molecule has 0 aliphatic carbocycles. The lowest BCUT2D eigenvalue weighted by Gasteiger charge is -2.09. The third-order valence-corrected chi connectivity index (χ3v) is 3.97. The Kier molecular flexibility index (Phi) is 6.42. The highest BCUT2D eigenvalue weighted by Crippen LogP contribution is 2.11. The topological polar surface area (TPSA) is 70.6 Å². The van der Waals surface area contributed by atoms with Crippen molar-refractivity contribution < 1.29 is 18.4 Å². The van der Waals surface area contributed by atoms with Crippen LogP contribution in [0.25, 0.3) is 0 Å². The van der Waals surface area contributed by atoms with E-state index in [2.05, 4.69) is 15.8 Å². The molecular formula is C22H17F2N3O2. The highest BCUT2D eigenvalue weighted by atomic mass is 19.1. The molecule has 3 aromatic rings. The zero-order valence-corrected chi connectivity index (χ0v) is 15.2. The Morgan fingerprint density at radius 2 is 1.41 bits per heavy atom. The van der Waals surface area contributed by atoms with E-state index in [1.54, 1.807) is 0 Å². The molecule has 0 aliphatic heterocycles. The zero-order chi connectivity index (χ0) is 20.6. The Balaban J connectivity index is 1.68. The number of carbonyl (C=O) groups is 2. The van der Waals surface area contributed by atoms with Gasteiger partial charge in [-0.1, -0.05) is 60.7 Å². The van der Waals surface area contributed by atoms with Crippen molar-refractivity contribution in [1.82, 2.24) is 10.7 Å². The molecule has 146 valence electrons. The average Bonchev–Trinajstić information content (AvgIpc) is 2.74. The number of carbonyl (C=O) groups excluding carboxylic acids is 2. The first kappa shape index (κ1) is 19.9. The maximum absolute atomic E-state index is 13.6. The molecular weight excluding hydrogens is 376 g/mol. The molecule has 0 spiro atoms. The van der Waals surface area contributed by atoms with Crippen LogP contribution in [-0.4, -0.2) is 24.1 Å². The number of nitrogens with one attached hydrogen (secondary N) is 2. The lowest BCUT2D eigenvalue weighted by Crippen LogP contribution is -2.35. The molecule has 3 rings (SSSR count). The SMILES string of the molecule is O=C(CNC(=O)c1ccc(F)cc1F)NN=C(c1ccccc1)c1ccccc1. The van der Waals surface area contributed by atoms with Crippen molar-refractivity contribution in [3.63, 3.8) is 0 Å². The van der Waals surface area contributed by atoms with E-state index in [0.717, 1.165) is 23.3 Å². The number of rotatable bonds is 6. The molecule has 0 atom stereocenters. The minimum Gasteiger partial charge on any atom is -0.343 e. The first-order valence-corrected chi connectivity index (χ1v) is 8.75. The highest BCUT2D eigenvalue weighted by molar-refractivity contribution is 6.13. The standard InChI is InChI=1S/C22H17F2N3O2/c23-17-11-12-18(19(24)13-17)22(29)25-14-20(28)26-27-21(15-7-3-1-4-8-15)16-9-5-2-6-10-16/h1-13H,14H2,(H,25,29)(H,26,28). The van der Waals surface area contributed by atoms with Gasteiger partial charge in [-0.25, -0.2) is 14.2 Å². The molecule has 2 amide bonds. The van der Waals surface area contributed by atoms with Gasteiger partial charge in [0.1, 0.15) is 11.6 Å². The second-order valence-electron chi connectivity index (χ2n) is 6.03. The van der Waals surface area contributed by atoms with E-state index in [4.69, 9.17) is 0 Å². The maximum Gasteiger partial charge on any atom is 0.259 e. The van der Waals surface area contributed by atoms with Gasteiger partial charge in [0.25, 0.3) is 11.8 Å². The van der Waals surface area contributed by atoms with Gasteiger partial charge in [-0.05, 0) is 12.1 Å². The fourth-order valence-electron chi connectivity index (χ4n) is 2.57. The molecule has 0 radical (unpaired) electrons. The van der Waals surface area contributed by atoms with Gasteiger partial charge in [-0.3, -0.25) is 9.59 Å². The quantitative estimate of drug-likeness (QED) is 0.499. The number of benzene rings is 3. The smallest absolute Gasteiger partial charge is 0.259 e. The Hall–Kier alpha value is -3.87. The van der Waals surface area contributed by atoms with E-state index in [1.165, 1.54) is 0 Å². The number of amides is 2. The van der Waals surface area contributed by atoms with Crippen molar-refractivity contribution in [3.8, 4) is 0 Å². The van der Waals surface area contributed by atoms with Crippen molar-refractivity contribution in [1.29, 1.82) is 0 Å². The summed E-state index contributed by atoms with van der Waals surface area (Å²) in [5, 5.41) is 6.47. The first-order chi connectivity index (χ1) is 14.0. The summed E-state index contributed by atoms with van der Waals surface area (Å²) in [4.78, 5) is 24.1. The minimum absolute atomic E-state index is 0.350. The zero-order valence-electron chi connectivity index (χ0n) is 15.2. The van der Waals surface area contributed by atoms with Gasteiger partial charge in [-0.15, -0.1) is 0 Å². The van der Waals surface area contributed by atoms with Gasteiger partial charge in [0.2, 0.25) is 0 Å². The fraction of sp³-hybridized carbons (Fsp3) is 0.0455. The number of hydrogen-bond acceptors (Lipinski definition) is 3. The molecule has 0 aliphatic rings. The van der Waals surface area contributed by atoms with Gasteiger partial charge < -0.3 is 5.32 Å². The molecule has 0 heterocycles. The normalized spacial score (nSPS) is 10.1. The van der Waals surface area contributed by atoms with E-state index in [-0.39, 0.29) is 5.56 Å². The van der Waals surface area contributed by atoms with Crippen molar-refractivity contribution in [2.45, 2.75) is 0 Å². The molecule has 0 saturated carbocycles. The van der Waals surface area contributed by atoms with Crippen LogP contribution in [0, 0.1) is 11.6 Å². The van der Waals surface area contributed by atoms with E-state index >= 15 is 0 Å². The van der Waals surface area contributed by atoms with Crippen LogP contribution in [-0.2, 0) is 4.79 Å². The molecule has 7 heteroatoms. The van der Waals surface area contributed by atoms with Crippen molar-refractivity contribution in [2.75, 3.05) is 6.54 Å². The van der Waals surface area contributed by atoms with Crippen LogP contribution in [0.1, 0.15) is 21.5 Å². The molecule has 3 aromatic carbocycles. The summed E-state index contributed by atoms with van der Waals surface area (Å²) in [6, 6.07) is 21.2. The van der Waals surface area contributed by atoms with E-state index in [1.807, 2.05) is 60.7 Å². The first-order valence-electron chi connectivity index (χ1n) is 8.75. The summed E-state index contributed by atoms with van der Waals surface area (Å²) < 4.78 is 26.6. The Labute approximate surface area is 166 Å². The summed E-state index contributed by atoms with van der Waals surface area (Å²) in [6.45, 7) is -0.421. The van der Waals surface area contributed by atoms with Crippen LogP contribution in [0.3, 0.4) is 0 Å². The number of hydrogen-bond donors (Lipinski definition) is 2. The Bertz CT molecular complexity index is 997.